The minimum Gasteiger partial charge on any atom is -0.206 e. The Labute approximate surface area is 141 Å². The van der Waals surface area contributed by atoms with E-state index in [2.05, 4.69) is 11.1 Å². The van der Waals surface area contributed by atoms with Gasteiger partial charge in [0, 0.05) is 0 Å². The van der Waals surface area contributed by atoms with Crippen molar-refractivity contribution in [3.63, 3.8) is 0 Å². The highest BCUT2D eigenvalue weighted by Gasteiger charge is 2.15. The fraction of sp³-hybridized carbons (Fsp3) is 0.143. The molecule has 0 saturated carbocycles. The molecule has 4 N–H and O–H groups in total. The molecule has 10 heteroatoms. The van der Waals surface area contributed by atoms with Crippen LogP contribution >= 0.6 is 0 Å². The molecule has 0 bridgehead atoms. The molecular weight excluding hydrogens is 352 g/mol. The van der Waals surface area contributed by atoms with Gasteiger partial charge in [0.1, 0.15) is 0 Å². The molecule has 24 heavy (non-hydrogen) atoms. The smallest absolute Gasteiger partial charge is 0.206 e. The summed E-state index contributed by atoms with van der Waals surface area (Å²) in [6.07, 6.45) is 0. The van der Waals surface area contributed by atoms with Crippen molar-refractivity contribution in [2.75, 3.05) is 0 Å². The first kappa shape index (κ1) is 18.5. The van der Waals surface area contributed by atoms with Gasteiger partial charge in [0.05, 0.1) is 9.79 Å². The van der Waals surface area contributed by atoms with Crippen LogP contribution in [0.2, 0.25) is 0 Å². The molecule has 0 aliphatic heterocycles. The molecule has 0 aromatic heterocycles. The predicted molar refractivity (Wildman–Crippen MR) is 89.3 cm³/mol. The standard InChI is InChI=1S/C14H18N4O4S2/c1-11-3-7-13(8-4-11)23(19,20)17-15-16-18-24(21,22)14-9-5-12(2)6-10-14/h3-10,15-18H,1-2H3. The quantitative estimate of drug-likeness (QED) is 0.416. The molecule has 0 spiro atoms. The van der Waals surface area contributed by atoms with Crippen molar-refractivity contribution >= 4 is 20.0 Å². The monoisotopic (exact) mass is 370 g/mol. The third kappa shape index (κ3) is 4.84. The van der Waals surface area contributed by atoms with Gasteiger partial charge in [-0.15, -0.1) is 9.66 Å². The van der Waals surface area contributed by atoms with Gasteiger partial charge in [0.2, 0.25) is 0 Å². The Morgan fingerprint density at radius 2 is 0.875 bits per heavy atom. The average molecular weight is 370 g/mol. The molecule has 2 rings (SSSR count). The molecule has 0 amide bonds. The van der Waals surface area contributed by atoms with E-state index in [1.165, 1.54) is 24.3 Å². The maximum atomic E-state index is 12.0. The van der Waals surface area contributed by atoms with Gasteiger partial charge in [0.25, 0.3) is 20.0 Å². The van der Waals surface area contributed by atoms with E-state index >= 15 is 0 Å². The zero-order valence-corrected chi connectivity index (χ0v) is 14.7. The molecule has 0 saturated heterocycles. The number of sulfonamides is 2. The Balaban J connectivity index is 1.92. The van der Waals surface area contributed by atoms with Crippen molar-refractivity contribution < 1.29 is 16.8 Å². The van der Waals surface area contributed by atoms with Gasteiger partial charge in [-0.3, -0.25) is 0 Å². The SMILES string of the molecule is Cc1ccc(S(=O)(=O)NNNNS(=O)(=O)c2ccc(C)cc2)cc1. The highest BCUT2D eigenvalue weighted by atomic mass is 32.2. The van der Waals surface area contributed by atoms with Crippen LogP contribution in [-0.2, 0) is 20.0 Å². The molecule has 0 heterocycles. The summed E-state index contributed by atoms with van der Waals surface area (Å²) in [7, 11) is -7.65. The van der Waals surface area contributed by atoms with E-state index in [0.717, 1.165) is 11.1 Å². The third-order valence-electron chi connectivity index (χ3n) is 3.10. The Morgan fingerprint density at radius 1 is 0.583 bits per heavy atom. The molecule has 8 nitrogen and oxygen atoms in total. The first-order valence-corrected chi connectivity index (χ1v) is 9.84. The number of hydrogen-bond acceptors (Lipinski definition) is 6. The van der Waals surface area contributed by atoms with Crippen molar-refractivity contribution in [1.82, 2.24) is 20.7 Å². The van der Waals surface area contributed by atoms with Gasteiger partial charge in [-0.1, -0.05) is 35.4 Å². The van der Waals surface area contributed by atoms with Crippen LogP contribution in [-0.4, -0.2) is 16.8 Å². The van der Waals surface area contributed by atoms with Gasteiger partial charge in [-0.05, 0) is 38.1 Å². The average Bonchev–Trinajstić information content (AvgIpc) is 2.52. The van der Waals surface area contributed by atoms with E-state index in [-0.39, 0.29) is 9.79 Å². The fourth-order valence-electron chi connectivity index (χ4n) is 1.74. The number of hydrogen-bond donors (Lipinski definition) is 4. The van der Waals surface area contributed by atoms with Gasteiger partial charge >= 0.3 is 0 Å². The summed E-state index contributed by atoms with van der Waals surface area (Å²) in [6.45, 7) is 3.67. The van der Waals surface area contributed by atoms with E-state index in [0.29, 0.717) is 0 Å². The van der Waals surface area contributed by atoms with Crippen LogP contribution in [0.5, 0.6) is 0 Å². The maximum absolute atomic E-state index is 12.0. The van der Waals surface area contributed by atoms with E-state index in [9.17, 15) is 16.8 Å². The molecular formula is C14H18N4O4S2. The summed E-state index contributed by atoms with van der Waals surface area (Å²) < 4.78 is 47.9. The zero-order valence-electron chi connectivity index (χ0n) is 13.1. The van der Waals surface area contributed by atoms with E-state index in [4.69, 9.17) is 0 Å². The lowest BCUT2D eigenvalue weighted by Crippen LogP contribution is -2.54. The molecule has 0 atom stereocenters. The summed E-state index contributed by atoms with van der Waals surface area (Å²) in [5.41, 5.74) is 6.04. The molecule has 0 fully saturated rings. The Hall–Kier alpha value is -1.82. The lowest BCUT2D eigenvalue weighted by molar-refractivity contribution is 0.459. The van der Waals surface area contributed by atoms with Crippen LogP contribution in [0.15, 0.2) is 58.3 Å². The molecule has 0 radical (unpaired) electrons. The van der Waals surface area contributed by atoms with Crippen LogP contribution in [0, 0.1) is 13.8 Å². The Bertz CT molecular complexity index is 815. The minimum absolute atomic E-state index is 0.0452. The number of benzene rings is 2. The van der Waals surface area contributed by atoms with Gasteiger partial charge < -0.3 is 0 Å². The van der Waals surface area contributed by atoms with E-state index in [1.807, 2.05) is 23.5 Å². The normalized spacial score (nSPS) is 12.2. The Morgan fingerprint density at radius 3 is 1.17 bits per heavy atom. The second-order valence-corrected chi connectivity index (χ2v) is 8.45. The summed E-state index contributed by atoms with van der Waals surface area (Å²) in [6, 6.07) is 12.4. The van der Waals surface area contributed by atoms with Crippen LogP contribution < -0.4 is 20.7 Å². The largest absolute Gasteiger partial charge is 0.254 e. The van der Waals surface area contributed by atoms with Crippen LogP contribution in [0.4, 0.5) is 0 Å². The van der Waals surface area contributed by atoms with E-state index in [1.54, 1.807) is 24.3 Å². The van der Waals surface area contributed by atoms with Crippen molar-refractivity contribution in [3.05, 3.63) is 59.7 Å². The summed E-state index contributed by atoms with van der Waals surface area (Å²) in [5.74, 6) is 0. The number of aryl methyl sites for hydroxylation is 2. The summed E-state index contributed by atoms with van der Waals surface area (Å²) in [5, 5.41) is 0. The lowest BCUT2D eigenvalue weighted by atomic mass is 10.2. The lowest BCUT2D eigenvalue weighted by Gasteiger charge is -2.11. The zero-order chi connectivity index (χ0) is 17.8. The Kier molecular flexibility index (Phi) is 5.70. The summed E-state index contributed by atoms with van der Waals surface area (Å²) in [4.78, 5) is 4.11. The first-order chi connectivity index (χ1) is 11.2. The van der Waals surface area contributed by atoms with Gasteiger partial charge in [-0.2, -0.15) is 11.1 Å². The number of nitrogens with one attached hydrogen (secondary N) is 4. The molecule has 130 valence electrons. The molecule has 0 aliphatic carbocycles. The molecule has 0 aliphatic rings. The van der Waals surface area contributed by atoms with Crippen LogP contribution in [0.3, 0.4) is 0 Å². The molecule has 2 aromatic rings. The topological polar surface area (TPSA) is 116 Å². The van der Waals surface area contributed by atoms with Gasteiger partial charge in [-0.25, -0.2) is 16.8 Å². The van der Waals surface area contributed by atoms with E-state index < -0.39 is 20.0 Å². The third-order valence-corrected chi connectivity index (χ3v) is 5.62. The number of hydrazine groups is 3. The van der Waals surface area contributed by atoms with Gasteiger partial charge in [0.15, 0.2) is 0 Å². The minimum atomic E-state index is -3.82. The van der Waals surface area contributed by atoms with Crippen molar-refractivity contribution in [3.8, 4) is 0 Å². The number of rotatable bonds is 7. The second kappa shape index (κ2) is 7.38. The van der Waals surface area contributed by atoms with Crippen molar-refractivity contribution in [1.29, 1.82) is 0 Å². The van der Waals surface area contributed by atoms with Crippen LogP contribution in [0.25, 0.3) is 0 Å². The van der Waals surface area contributed by atoms with Crippen molar-refractivity contribution in [2.45, 2.75) is 23.6 Å². The van der Waals surface area contributed by atoms with Crippen molar-refractivity contribution in [2.24, 2.45) is 0 Å². The second-order valence-electron chi connectivity index (χ2n) is 5.09. The maximum Gasteiger partial charge on any atom is 0.254 e. The van der Waals surface area contributed by atoms with Crippen LogP contribution in [0.1, 0.15) is 11.1 Å². The fourth-order valence-corrected chi connectivity index (χ4v) is 3.33. The molecule has 2 aromatic carbocycles. The molecule has 0 unspecified atom stereocenters. The summed E-state index contributed by atoms with van der Waals surface area (Å²) >= 11 is 0. The predicted octanol–water partition coefficient (Wildman–Crippen LogP) is 0.484. The first-order valence-electron chi connectivity index (χ1n) is 6.88. The highest BCUT2D eigenvalue weighted by Crippen LogP contribution is 2.09. The highest BCUT2D eigenvalue weighted by molar-refractivity contribution is 7.89.